The second kappa shape index (κ2) is 8.49. The smallest absolute Gasteiger partial charge is 0.419 e. The van der Waals surface area contributed by atoms with Crippen LogP contribution in [-0.2, 0) is 9.47 Å². The van der Waals surface area contributed by atoms with Gasteiger partial charge in [0.15, 0.2) is 0 Å². The molecule has 0 N–H and O–H groups in total. The molecule has 26 heavy (non-hydrogen) atoms. The van der Waals surface area contributed by atoms with Gasteiger partial charge in [0, 0.05) is 11.1 Å². The molecule has 0 spiro atoms. The lowest BCUT2D eigenvalue weighted by molar-refractivity contribution is 0.0454. The number of fused-ring (bicyclic) bond motifs is 1. The number of aromatic nitrogens is 1. The Labute approximate surface area is 157 Å². The predicted molar refractivity (Wildman–Crippen MR) is 103 cm³/mol. The first-order valence-electron chi connectivity index (χ1n) is 8.44. The number of ether oxygens (including phenoxy) is 3. The van der Waals surface area contributed by atoms with Crippen LogP contribution in [0.2, 0.25) is 0 Å². The number of nitrogens with zero attached hydrogens (tertiary/aromatic N) is 1. The number of hydrogen-bond donors (Lipinski definition) is 0. The van der Waals surface area contributed by atoms with Crippen LogP contribution in [0, 0.1) is 0 Å². The monoisotopic (exact) mass is 379 g/mol. The second-order valence-corrected chi connectivity index (χ2v) is 7.61. The van der Waals surface area contributed by atoms with E-state index in [0.717, 1.165) is 5.75 Å². The van der Waals surface area contributed by atoms with E-state index in [0.29, 0.717) is 23.3 Å². The Morgan fingerprint density at radius 3 is 2.54 bits per heavy atom. The molecule has 2 aromatic rings. The van der Waals surface area contributed by atoms with Crippen LogP contribution in [0.5, 0.6) is 5.75 Å². The van der Waals surface area contributed by atoms with Crippen molar-refractivity contribution in [3.63, 3.8) is 0 Å². The van der Waals surface area contributed by atoms with E-state index in [1.54, 1.807) is 63.7 Å². The van der Waals surface area contributed by atoms with Crippen molar-refractivity contribution in [1.82, 2.24) is 4.57 Å². The third-order valence-electron chi connectivity index (χ3n) is 3.39. The van der Waals surface area contributed by atoms with Gasteiger partial charge in [-0.15, -0.1) is 0 Å². The van der Waals surface area contributed by atoms with Gasteiger partial charge >= 0.3 is 12.1 Å². The van der Waals surface area contributed by atoms with E-state index in [1.165, 1.54) is 4.57 Å². The highest BCUT2D eigenvalue weighted by atomic mass is 32.2. The van der Waals surface area contributed by atoms with Crippen LogP contribution in [0.3, 0.4) is 0 Å². The Balaban J connectivity index is 2.46. The molecule has 0 saturated carbocycles. The first kappa shape index (κ1) is 20.2. The topological polar surface area (TPSA) is 66.8 Å². The van der Waals surface area contributed by atoms with Gasteiger partial charge in [0.1, 0.15) is 17.0 Å². The summed E-state index contributed by atoms with van der Waals surface area (Å²) in [4.78, 5) is 25.0. The molecule has 0 amide bonds. The maximum atomic E-state index is 12.7. The summed E-state index contributed by atoms with van der Waals surface area (Å²) in [6.07, 6.45) is 1.39. The fourth-order valence-electron chi connectivity index (χ4n) is 2.39. The molecular weight excluding hydrogens is 354 g/mol. The van der Waals surface area contributed by atoms with E-state index in [9.17, 15) is 9.59 Å². The molecule has 0 radical (unpaired) electrons. The van der Waals surface area contributed by atoms with Crippen LogP contribution in [0.15, 0.2) is 24.3 Å². The Hall–Kier alpha value is -2.15. The lowest BCUT2D eigenvalue weighted by Gasteiger charge is -2.20. The third-order valence-corrected chi connectivity index (χ3v) is 3.96. The summed E-state index contributed by atoms with van der Waals surface area (Å²) in [5.74, 6) is 0.994. The number of esters is 1. The summed E-state index contributed by atoms with van der Waals surface area (Å²) < 4.78 is 17.5. The first-order chi connectivity index (χ1) is 12.3. The van der Waals surface area contributed by atoms with E-state index in [1.807, 2.05) is 6.26 Å². The van der Waals surface area contributed by atoms with E-state index in [4.69, 9.17) is 14.2 Å². The standard InChI is InChI=1S/C19H25NO5S/c1-6-23-17(21)16-12-13-11-14(24-9-10-26-5)7-8-15(13)20(16)18(22)25-19(2,3)4/h7-8,11-12H,6,9-10H2,1-5H3. The molecular formula is C19H25NO5S. The van der Waals surface area contributed by atoms with Gasteiger partial charge in [-0.1, -0.05) is 0 Å². The third kappa shape index (κ3) is 4.94. The fraction of sp³-hybridized carbons (Fsp3) is 0.474. The van der Waals surface area contributed by atoms with E-state index in [-0.39, 0.29) is 12.3 Å². The molecule has 1 aromatic carbocycles. The van der Waals surface area contributed by atoms with Gasteiger partial charge in [0.2, 0.25) is 0 Å². The minimum atomic E-state index is -0.680. The van der Waals surface area contributed by atoms with E-state index >= 15 is 0 Å². The van der Waals surface area contributed by atoms with Gasteiger partial charge in [-0.3, -0.25) is 0 Å². The van der Waals surface area contributed by atoms with E-state index < -0.39 is 17.7 Å². The zero-order valence-electron chi connectivity index (χ0n) is 15.8. The number of benzene rings is 1. The van der Waals surface area contributed by atoms with Crippen LogP contribution in [-0.4, -0.2) is 47.5 Å². The second-order valence-electron chi connectivity index (χ2n) is 6.63. The molecule has 0 unspecified atom stereocenters. The fourth-order valence-corrected chi connectivity index (χ4v) is 2.64. The first-order valence-corrected chi connectivity index (χ1v) is 9.84. The number of hydrogen-bond acceptors (Lipinski definition) is 6. The lowest BCUT2D eigenvalue weighted by atomic mass is 10.2. The summed E-state index contributed by atoms with van der Waals surface area (Å²) in [6, 6.07) is 6.95. The van der Waals surface area contributed by atoms with Crippen molar-refractivity contribution in [1.29, 1.82) is 0 Å². The number of carbonyl (C=O) groups is 2. The predicted octanol–water partition coefficient (Wildman–Crippen LogP) is 4.34. The van der Waals surface area contributed by atoms with Crippen molar-refractivity contribution in [3.8, 4) is 5.75 Å². The van der Waals surface area contributed by atoms with Crippen molar-refractivity contribution in [2.45, 2.75) is 33.3 Å². The highest BCUT2D eigenvalue weighted by Gasteiger charge is 2.25. The highest BCUT2D eigenvalue weighted by molar-refractivity contribution is 7.98. The molecule has 1 aromatic heterocycles. The minimum Gasteiger partial charge on any atom is -0.493 e. The molecule has 0 fully saturated rings. The largest absolute Gasteiger partial charge is 0.493 e. The zero-order valence-corrected chi connectivity index (χ0v) is 16.6. The average Bonchev–Trinajstić information content (AvgIpc) is 2.92. The zero-order chi connectivity index (χ0) is 19.3. The number of rotatable bonds is 6. The summed E-state index contributed by atoms with van der Waals surface area (Å²) >= 11 is 1.70. The lowest BCUT2D eigenvalue weighted by Crippen LogP contribution is -2.29. The molecule has 142 valence electrons. The maximum absolute atomic E-state index is 12.7. The Morgan fingerprint density at radius 2 is 1.92 bits per heavy atom. The van der Waals surface area contributed by atoms with Crippen molar-refractivity contribution >= 4 is 34.7 Å². The summed E-state index contributed by atoms with van der Waals surface area (Å²) in [5.41, 5.74) is 0.0254. The molecule has 0 bridgehead atoms. The molecule has 0 aliphatic rings. The molecule has 2 rings (SSSR count). The summed E-state index contributed by atoms with van der Waals surface area (Å²) in [6.45, 7) is 7.85. The number of thioether (sulfide) groups is 1. The van der Waals surface area contributed by atoms with Gasteiger partial charge < -0.3 is 14.2 Å². The van der Waals surface area contributed by atoms with Crippen LogP contribution in [0.25, 0.3) is 10.9 Å². The van der Waals surface area contributed by atoms with Gasteiger partial charge in [0.05, 0.1) is 18.7 Å². The quantitative estimate of drug-likeness (QED) is 0.549. The Bertz CT molecular complexity index is 791. The molecule has 0 saturated heterocycles. The molecule has 0 atom stereocenters. The van der Waals surface area contributed by atoms with Crippen molar-refractivity contribution in [3.05, 3.63) is 30.0 Å². The highest BCUT2D eigenvalue weighted by Crippen LogP contribution is 2.26. The van der Waals surface area contributed by atoms with Gasteiger partial charge in [-0.2, -0.15) is 11.8 Å². The van der Waals surface area contributed by atoms with Crippen LogP contribution in [0.4, 0.5) is 4.79 Å². The molecule has 0 aliphatic carbocycles. The molecule has 7 heteroatoms. The van der Waals surface area contributed by atoms with Crippen LogP contribution in [0.1, 0.15) is 38.2 Å². The average molecular weight is 379 g/mol. The minimum absolute atomic E-state index is 0.136. The summed E-state index contributed by atoms with van der Waals surface area (Å²) in [5, 5.41) is 0.709. The van der Waals surface area contributed by atoms with Crippen LogP contribution >= 0.6 is 11.8 Å². The molecule has 0 aliphatic heterocycles. The Kier molecular flexibility index (Phi) is 6.58. The van der Waals surface area contributed by atoms with Crippen molar-refractivity contribution < 1.29 is 23.8 Å². The number of carbonyl (C=O) groups excluding carboxylic acids is 2. The van der Waals surface area contributed by atoms with Crippen LogP contribution < -0.4 is 4.74 Å². The van der Waals surface area contributed by atoms with Gasteiger partial charge in [-0.05, 0) is 58.2 Å². The molecule has 6 nitrogen and oxygen atoms in total. The van der Waals surface area contributed by atoms with E-state index in [2.05, 4.69) is 0 Å². The normalized spacial score (nSPS) is 11.4. The van der Waals surface area contributed by atoms with Crippen molar-refractivity contribution in [2.75, 3.05) is 25.2 Å². The molecule has 1 heterocycles. The summed E-state index contributed by atoms with van der Waals surface area (Å²) in [7, 11) is 0. The maximum Gasteiger partial charge on any atom is 0.419 e. The van der Waals surface area contributed by atoms with Crippen molar-refractivity contribution in [2.24, 2.45) is 0 Å². The van der Waals surface area contributed by atoms with Gasteiger partial charge in [0.25, 0.3) is 0 Å². The van der Waals surface area contributed by atoms with Gasteiger partial charge in [-0.25, -0.2) is 14.2 Å². The Morgan fingerprint density at radius 1 is 1.19 bits per heavy atom. The SMILES string of the molecule is CCOC(=O)c1cc2cc(OCCSC)ccc2n1C(=O)OC(C)(C)C.